The van der Waals surface area contributed by atoms with Gasteiger partial charge in [0.05, 0.1) is 18.5 Å². The normalized spacial score (nSPS) is 14.9. The maximum absolute atomic E-state index is 12.9. The van der Waals surface area contributed by atoms with Crippen LogP contribution in [0, 0.1) is 19.8 Å². The number of nitrogens with zero attached hydrogens (tertiary/aromatic N) is 4. The number of hydrogen-bond acceptors (Lipinski definition) is 4. The molecule has 0 spiro atoms. The molecule has 1 aliphatic rings. The molecule has 7 heteroatoms. The molecule has 4 rings (SSSR count). The fourth-order valence-electron chi connectivity index (χ4n) is 3.95. The first-order valence-electron chi connectivity index (χ1n) is 10.0. The Balaban J connectivity index is 1.37. The van der Waals surface area contributed by atoms with Gasteiger partial charge in [0.2, 0.25) is 0 Å². The van der Waals surface area contributed by atoms with Crippen molar-refractivity contribution in [3.05, 3.63) is 53.5 Å². The number of methoxy groups -OCH3 is 1. The molecular weight excluding hydrogens is 366 g/mol. The van der Waals surface area contributed by atoms with Crippen LogP contribution in [0.25, 0.3) is 11.3 Å². The van der Waals surface area contributed by atoms with Gasteiger partial charge in [-0.15, -0.1) is 0 Å². The van der Waals surface area contributed by atoms with Gasteiger partial charge in [0.25, 0.3) is 5.91 Å². The number of aromatic amines is 1. The van der Waals surface area contributed by atoms with Crippen molar-refractivity contribution in [3.8, 4) is 17.0 Å². The minimum Gasteiger partial charge on any atom is -0.497 e. The second-order valence-corrected chi connectivity index (χ2v) is 7.74. The maximum Gasteiger partial charge on any atom is 0.271 e. The lowest BCUT2D eigenvalue weighted by Gasteiger charge is -2.31. The lowest BCUT2D eigenvalue weighted by atomic mass is 9.96. The van der Waals surface area contributed by atoms with Crippen LogP contribution < -0.4 is 4.74 Å². The zero-order chi connectivity index (χ0) is 20.4. The summed E-state index contributed by atoms with van der Waals surface area (Å²) < 4.78 is 7.36. The quantitative estimate of drug-likeness (QED) is 0.720. The van der Waals surface area contributed by atoms with Crippen LogP contribution in [-0.4, -0.2) is 51.0 Å². The van der Waals surface area contributed by atoms with Gasteiger partial charge in [0, 0.05) is 30.9 Å². The summed E-state index contributed by atoms with van der Waals surface area (Å²) in [7, 11) is 1.64. The second-order valence-electron chi connectivity index (χ2n) is 7.74. The zero-order valence-electron chi connectivity index (χ0n) is 17.2. The second kappa shape index (κ2) is 8.11. The molecule has 1 fully saturated rings. The van der Waals surface area contributed by atoms with Crippen LogP contribution in [-0.2, 0) is 6.54 Å². The van der Waals surface area contributed by atoms with Crippen LogP contribution in [0.5, 0.6) is 5.75 Å². The summed E-state index contributed by atoms with van der Waals surface area (Å²) in [4.78, 5) is 14.8. The number of hydrogen-bond donors (Lipinski definition) is 1. The van der Waals surface area contributed by atoms with Crippen molar-refractivity contribution in [1.29, 1.82) is 0 Å². The molecule has 1 amide bonds. The molecule has 0 bridgehead atoms. The highest BCUT2D eigenvalue weighted by atomic mass is 16.5. The van der Waals surface area contributed by atoms with Crippen LogP contribution in [0.3, 0.4) is 0 Å². The van der Waals surface area contributed by atoms with Gasteiger partial charge in [-0.2, -0.15) is 10.2 Å². The Morgan fingerprint density at radius 3 is 2.69 bits per heavy atom. The Morgan fingerprint density at radius 1 is 1.21 bits per heavy atom. The number of nitrogens with one attached hydrogen (secondary N) is 1. The highest BCUT2D eigenvalue weighted by Gasteiger charge is 2.25. The van der Waals surface area contributed by atoms with Crippen LogP contribution in [0.1, 0.15) is 34.7 Å². The van der Waals surface area contributed by atoms with E-state index in [0.29, 0.717) is 11.6 Å². The first-order valence-corrected chi connectivity index (χ1v) is 10.0. The average molecular weight is 393 g/mol. The van der Waals surface area contributed by atoms with Gasteiger partial charge < -0.3 is 9.64 Å². The Bertz CT molecular complexity index is 998. The summed E-state index contributed by atoms with van der Waals surface area (Å²) in [6.45, 7) is 6.56. The third kappa shape index (κ3) is 4.18. The lowest BCUT2D eigenvalue weighted by molar-refractivity contribution is 0.0675. The third-order valence-corrected chi connectivity index (χ3v) is 5.61. The number of carbonyl (C=O) groups excluding carboxylic acids is 1. The molecule has 2 aromatic heterocycles. The minimum absolute atomic E-state index is 0.0104. The highest BCUT2D eigenvalue weighted by Crippen LogP contribution is 2.24. The SMILES string of the molecule is COc1cccc(-c2cc(C(=O)N3CCC(Cn4nc(C)cc4C)CC3)[nH]n2)c1. The van der Waals surface area contributed by atoms with Gasteiger partial charge in [-0.25, -0.2) is 0 Å². The summed E-state index contributed by atoms with van der Waals surface area (Å²) in [6.07, 6.45) is 1.97. The molecule has 1 saturated heterocycles. The molecule has 0 atom stereocenters. The molecular formula is C22H27N5O2. The van der Waals surface area contributed by atoms with Gasteiger partial charge in [-0.05, 0) is 56.9 Å². The standard InChI is InChI=1S/C22H27N5O2/c1-15-11-16(2)27(25-15)14-17-7-9-26(10-8-17)22(28)21-13-20(23-24-21)18-5-4-6-19(12-18)29-3/h4-6,11-13,17H,7-10,14H2,1-3H3,(H,23,24). The monoisotopic (exact) mass is 393 g/mol. The first kappa shape index (κ1) is 19.2. The zero-order valence-corrected chi connectivity index (χ0v) is 17.2. The smallest absolute Gasteiger partial charge is 0.271 e. The van der Waals surface area contributed by atoms with Crippen molar-refractivity contribution in [2.75, 3.05) is 20.2 Å². The number of amides is 1. The first-order chi connectivity index (χ1) is 14.0. The largest absolute Gasteiger partial charge is 0.497 e. The number of H-pyrrole nitrogens is 1. The van der Waals surface area contributed by atoms with Gasteiger partial charge in [0.15, 0.2) is 0 Å². The van der Waals surface area contributed by atoms with E-state index in [1.807, 2.05) is 42.2 Å². The number of piperidine rings is 1. The van der Waals surface area contributed by atoms with E-state index in [0.717, 1.165) is 55.2 Å². The number of benzene rings is 1. The minimum atomic E-state index is 0.0104. The topological polar surface area (TPSA) is 76.0 Å². The third-order valence-electron chi connectivity index (χ3n) is 5.61. The Labute approximate surface area is 170 Å². The fraction of sp³-hybridized carbons (Fsp3) is 0.409. The summed E-state index contributed by atoms with van der Waals surface area (Å²) in [5.41, 5.74) is 4.44. The van der Waals surface area contributed by atoms with Crippen molar-refractivity contribution >= 4 is 5.91 Å². The molecule has 0 unspecified atom stereocenters. The van der Waals surface area contributed by atoms with E-state index in [4.69, 9.17) is 4.74 Å². The predicted molar refractivity (Wildman–Crippen MR) is 111 cm³/mol. The van der Waals surface area contributed by atoms with E-state index in [2.05, 4.69) is 33.0 Å². The van der Waals surface area contributed by atoms with E-state index in [9.17, 15) is 4.79 Å². The van der Waals surface area contributed by atoms with E-state index in [-0.39, 0.29) is 5.91 Å². The van der Waals surface area contributed by atoms with Crippen LogP contribution in [0.15, 0.2) is 36.4 Å². The van der Waals surface area contributed by atoms with Gasteiger partial charge >= 0.3 is 0 Å². The number of carbonyl (C=O) groups is 1. The van der Waals surface area contributed by atoms with Gasteiger partial charge in [-0.3, -0.25) is 14.6 Å². The lowest BCUT2D eigenvalue weighted by Crippen LogP contribution is -2.39. The predicted octanol–water partition coefficient (Wildman–Crippen LogP) is 3.45. The molecule has 3 heterocycles. The van der Waals surface area contributed by atoms with Gasteiger partial charge in [-0.1, -0.05) is 12.1 Å². The number of rotatable bonds is 5. The molecule has 1 aliphatic heterocycles. The Hall–Kier alpha value is -3.09. The van der Waals surface area contributed by atoms with Crippen LogP contribution >= 0.6 is 0 Å². The molecule has 1 aromatic carbocycles. The Kier molecular flexibility index (Phi) is 5.38. The van der Waals surface area contributed by atoms with Crippen molar-refractivity contribution in [1.82, 2.24) is 24.9 Å². The molecule has 29 heavy (non-hydrogen) atoms. The van der Waals surface area contributed by atoms with E-state index in [1.165, 1.54) is 5.69 Å². The van der Waals surface area contributed by atoms with Crippen molar-refractivity contribution < 1.29 is 9.53 Å². The molecule has 7 nitrogen and oxygen atoms in total. The summed E-state index contributed by atoms with van der Waals surface area (Å²) >= 11 is 0. The highest BCUT2D eigenvalue weighted by molar-refractivity contribution is 5.93. The Morgan fingerprint density at radius 2 is 2.00 bits per heavy atom. The molecule has 0 aliphatic carbocycles. The molecule has 152 valence electrons. The fourth-order valence-corrected chi connectivity index (χ4v) is 3.95. The van der Waals surface area contributed by atoms with E-state index >= 15 is 0 Å². The molecule has 0 radical (unpaired) electrons. The number of aryl methyl sites for hydroxylation is 2. The number of ether oxygens (including phenoxy) is 1. The summed E-state index contributed by atoms with van der Waals surface area (Å²) in [5, 5.41) is 11.8. The number of aromatic nitrogens is 4. The molecule has 1 N–H and O–H groups in total. The van der Waals surface area contributed by atoms with Gasteiger partial charge in [0.1, 0.15) is 11.4 Å². The average Bonchev–Trinajstić information content (AvgIpc) is 3.35. The van der Waals surface area contributed by atoms with E-state index in [1.54, 1.807) is 7.11 Å². The van der Waals surface area contributed by atoms with Crippen LogP contribution in [0.4, 0.5) is 0 Å². The van der Waals surface area contributed by atoms with Crippen molar-refractivity contribution in [2.24, 2.45) is 5.92 Å². The molecule has 3 aromatic rings. The summed E-state index contributed by atoms with van der Waals surface area (Å²) in [6, 6.07) is 11.6. The maximum atomic E-state index is 12.9. The number of likely N-dealkylation sites (tertiary alicyclic amines) is 1. The van der Waals surface area contributed by atoms with Crippen molar-refractivity contribution in [3.63, 3.8) is 0 Å². The van der Waals surface area contributed by atoms with E-state index < -0.39 is 0 Å². The summed E-state index contributed by atoms with van der Waals surface area (Å²) in [5.74, 6) is 1.32. The molecule has 0 saturated carbocycles. The van der Waals surface area contributed by atoms with Crippen molar-refractivity contribution in [2.45, 2.75) is 33.2 Å². The van der Waals surface area contributed by atoms with Crippen LogP contribution in [0.2, 0.25) is 0 Å².